The summed E-state index contributed by atoms with van der Waals surface area (Å²) in [6.45, 7) is 3.00. The highest BCUT2D eigenvalue weighted by Crippen LogP contribution is 2.23. The van der Waals surface area contributed by atoms with Gasteiger partial charge in [-0.05, 0) is 32.0 Å². The first-order valence-corrected chi connectivity index (χ1v) is 8.07. The molecule has 1 heterocycles. The van der Waals surface area contributed by atoms with E-state index >= 15 is 0 Å². The molecule has 0 saturated carbocycles. The maximum Gasteiger partial charge on any atom is 0.224 e. The smallest absolute Gasteiger partial charge is 0.224 e. The zero-order chi connectivity index (χ0) is 17.7. The fraction of sp³-hybridized carbons (Fsp3) is 0.529. The van der Waals surface area contributed by atoms with Gasteiger partial charge < -0.3 is 15.5 Å². The molecular weight excluding hydrogens is 316 g/mol. The monoisotopic (exact) mass is 339 g/mol. The van der Waals surface area contributed by atoms with Gasteiger partial charge in [-0.3, -0.25) is 9.59 Å². The van der Waals surface area contributed by atoms with E-state index in [1.54, 1.807) is 11.9 Å². The molecule has 0 aliphatic carbocycles. The van der Waals surface area contributed by atoms with Crippen LogP contribution in [-0.4, -0.2) is 42.9 Å². The van der Waals surface area contributed by atoms with Gasteiger partial charge >= 0.3 is 0 Å². The van der Waals surface area contributed by atoms with Gasteiger partial charge in [-0.15, -0.1) is 0 Å². The first kappa shape index (κ1) is 18.3. The van der Waals surface area contributed by atoms with E-state index in [1.807, 2.05) is 0 Å². The second kappa shape index (κ2) is 8.19. The van der Waals surface area contributed by atoms with Crippen LogP contribution in [0, 0.1) is 11.6 Å². The zero-order valence-corrected chi connectivity index (χ0v) is 13.9. The summed E-state index contributed by atoms with van der Waals surface area (Å²) in [5.41, 5.74) is 0.110. The average Bonchev–Trinajstić information content (AvgIpc) is 2.54. The molecular formula is C17H23F2N3O2. The highest BCUT2D eigenvalue weighted by Gasteiger charge is 2.26. The maximum atomic E-state index is 14.0. The summed E-state index contributed by atoms with van der Waals surface area (Å²) in [5, 5.41) is 5.82. The van der Waals surface area contributed by atoms with E-state index in [0.29, 0.717) is 0 Å². The van der Waals surface area contributed by atoms with E-state index in [4.69, 9.17) is 0 Å². The van der Waals surface area contributed by atoms with Crippen LogP contribution in [0.2, 0.25) is 0 Å². The molecule has 0 bridgehead atoms. The van der Waals surface area contributed by atoms with Gasteiger partial charge in [-0.1, -0.05) is 6.07 Å². The van der Waals surface area contributed by atoms with Crippen LogP contribution in [0.4, 0.5) is 8.78 Å². The molecule has 0 spiro atoms. The molecule has 1 aliphatic rings. The van der Waals surface area contributed by atoms with Crippen LogP contribution in [0.25, 0.3) is 0 Å². The van der Waals surface area contributed by atoms with Gasteiger partial charge in [0.05, 0.1) is 12.5 Å². The Morgan fingerprint density at radius 3 is 2.58 bits per heavy atom. The molecule has 7 heteroatoms. The van der Waals surface area contributed by atoms with Crippen molar-refractivity contribution in [3.05, 3.63) is 35.4 Å². The molecule has 1 saturated heterocycles. The number of piperidine rings is 1. The number of benzene rings is 1. The Morgan fingerprint density at radius 2 is 2.00 bits per heavy atom. The van der Waals surface area contributed by atoms with Crippen molar-refractivity contribution in [1.29, 1.82) is 0 Å². The van der Waals surface area contributed by atoms with Crippen molar-refractivity contribution in [3.63, 3.8) is 0 Å². The molecule has 2 N–H and O–H groups in total. The Hall–Kier alpha value is -2.02. The molecule has 5 nitrogen and oxygen atoms in total. The minimum Gasteiger partial charge on any atom is -0.349 e. The number of nitrogens with one attached hydrogen (secondary N) is 2. The fourth-order valence-corrected chi connectivity index (χ4v) is 2.98. The van der Waals surface area contributed by atoms with Crippen molar-refractivity contribution in [2.45, 2.75) is 38.3 Å². The van der Waals surface area contributed by atoms with Crippen LogP contribution in [0.3, 0.4) is 0 Å². The Bertz CT molecular complexity index is 603. The predicted molar refractivity (Wildman–Crippen MR) is 86.2 cm³/mol. The normalized spacial score (nSPS) is 16.5. The lowest BCUT2D eigenvalue weighted by atomic mass is 10.00. The standard InChI is InChI=1S/C17H23F2N3O2/c1-11(23)21-16(14-4-3-12(18)9-15(14)19)10-17(24)22(2)13-5-7-20-8-6-13/h3-4,9,13,16,20H,5-8,10H2,1-2H3,(H,21,23)/t16-/m1/s1. The Kier molecular flexibility index (Phi) is 6.25. The first-order valence-electron chi connectivity index (χ1n) is 8.07. The van der Waals surface area contributed by atoms with Gasteiger partial charge in [0.15, 0.2) is 0 Å². The van der Waals surface area contributed by atoms with Gasteiger partial charge in [0.2, 0.25) is 11.8 Å². The van der Waals surface area contributed by atoms with Crippen LogP contribution in [0.15, 0.2) is 18.2 Å². The lowest BCUT2D eigenvalue weighted by Gasteiger charge is -2.32. The third kappa shape index (κ3) is 4.74. The molecule has 0 radical (unpaired) electrons. The van der Waals surface area contributed by atoms with E-state index in [1.165, 1.54) is 13.0 Å². The number of nitrogens with zero attached hydrogens (tertiary/aromatic N) is 1. The zero-order valence-electron chi connectivity index (χ0n) is 13.9. The molecule has 2 amide bonds. The van der Waals surface area contributed by atoms with Crippen LogP contribution in [-0.2, 0) is 9.59 Å². The van der Waals surface area contributed by atoms with Crippen molar-refractivity contribution in [3.8, 4) is 0 Å². The number of amides is 2. The number of halogens is 2. The minimum atomic E-state index is -0.820. The first-order chi connectivity index (χ1) is 11.4. The van der Waals surface area contributed by atoms with Gasteiger partial charge in [0.25, 0.3) is 0 Å². The lowest BCUT2D eigenvalue weighted by molar-refractivity contribution is -0.133. The summed E-state index contributed by atoms with van der Waals surface area (Å²) in [5.74, 6) is -2.02. The van der Waals surface area contributed by atoms with Gasteiger partial charge in [0.1, 0.15) is 11.6 Å². The summed E-state index contributed by atoms with van der Waals surface area (Å²) in [6.07, 6.45) is 1.65. The Morgan fingerprint density at radius 1 is 1.33 bits per heavy atom. The number of hydrogen-bond donors (Lipinski definition) is 2. The summed E-state index contributed by atoms with van der Waals surface area (Å²) in [4.78, 5) is 25.6. The third-order valence-corrected chi connectivity index (χ3v) is 4.34. The summed E-state index contributed by atoms with van der Waals surface area (Å²) in [6, 6.07) is 2.46. The number of carbonyl (C=O) groups is 2. The van der Waals surface area contributed by atoms with Gasteiger partial charge in [-0.25, -0.2) is 8.78 Å². The van der Waals surface area contributed by atoms with E-state index in [0.717, 1.165) is 38.1 Å². The highest BCUT2D eigenvalue weighted by molar-refractivity contribution is 5.79. The molecule has 1 aromatic rings. The number of carbonyl (C=O) groups excluding carboxylic acids is 2. The summed E-state index contributed by atoms with van der Waals surface area (Å²) >= 11 is 0. The Balaban J connectivity index is 2.12. The van der Waals surface area contributed by atoms with Crippen LogP contribution < -0.4 is 10.6 Å². The molecule has 0 unspecified atom stereocenters. The van der Waals surface area contributed by atoms with Crippen LogP contribution in [0.1, 0.15) is 37.8 Å². The molecule has 2 rings (SSSR count). The van der Waals surface area contributed by atoms with Gasteiger partial charge in [-0.2, -0.15) is 0 Å². The van der Waals surface area contributed by atoms with E-state index in [9.17, 15) is 18.4 Å². The fourth-order valence-electron chi connectivity index (χ4n) is 2.98. The van der Waals surface area contributed by atoms with Crippen LogP contribution in [0.5, 0.6) is 0 Å². The maximum absolute atomic E-state index is 14.0. The molecule has 24 heavy (non-hydrogen) atoms. The Labute approximate surface area is 140 Å². The average molecular weight is 339 g/mol. The molecule has 1 atom stereocenters. The van der Waals surface area contributed by atoms with E-state index < -0.39 is 17.7 Å². The molecule has 1 aromatic carbocycles. The van der Waals surface area contributed by atoms with Crippen molar-refractivity contribution in [1.82, 2.24) is 15.5 Å². The quantitative estimate of drug-likeness (QED) is 0.859. The van der Waals surface area contributed by atoms with E-state index in [2.05, 4.69) is 10.6 Å². The van der Waals surface area contributed by atoms with E-state index in [-0.39, 0.29) is 29.8 Å². The SMILES string of the molecule is CC(=O)N[C@H](CC(=O)N(C)C1CCNCC1)c1ccc(F)cc1F. The van der Waals surface area contributed by atoms with Crippen molar-refractivity contribution >= 4 is 11.8 Å². The lowest BCUT2D eigenvalue weighted by Crippen LogP contribution is -2.45. The van der Waals surface area contributed by atoms with Crippen LogP contribution >= 0.6 is 0 Å². The van der Waals surface area contributed by atoms with Crippen molar-refractivity contribution < 1.29 is 18.4 Å². The second-order valence-corrected chi connectivity index (χ2v) is 6.11. The highest BCUT2D eigenvalue weighted by atomic mass is 19.1. The number of hydrogen-bond acceptors (Lipinski definition) is 3. The topological polar surface area (TPSA) is 61.4 Å². The second-order valence-electron chi connectivity index (χ2n) is 6.11. The number of rotatable bonds is 5. The van der Waals surface area contributed by atoms with Crippen molar-refractivity contribution in [2.24, 2.45) is 0 Å². The third-order valence-electron chi connectivity index (χ3n) is 4.34. The summed E-state index contributed by atoms with van der Waals surface area (Å²) in [7, 11) is 1.73. The largest absolute Gasteiger partial charge is 0.349 e. The minimum absolute atomic E-state index is 0.0669. The molecule has 1 fully saturated rings. The molecule has 1 aliphatic heterocycles. The predicted octanol–water partition coefficient (Wildman–Crippen LogP) is 1.74. The van der Waals surface area contributed by atoms with Crippen molar-refractivity contribution in [2.75, 3.05) is 20.1 Å². The molecule has 132 valence electrons. The summed E-state index contributed by atoms with van der Waals surface area (Å²) < 4.78 is 27.1. The molecule has 0 aromatic heterocycles. The van der Waals surface area contributed by atoms with Gasteiger partial charge in [0, 0.05) is 31.6 Å².